The van der Waals surface area contributed by atoms with Crippen LogP contribution in [0.5, 0.6) is 0 Å². The van der Waals surface area contributed by atoms with Gasteiger partial charge in [-0.15, -0.1) is 0 Å². The Labute approximate surface area is 246 Å². The van der Waals surface area contributed by atoms with Gasteiger partial charge in [0.25, 0.3) is 0 Å². The van der Waals surface area contributed by atoms with Crippen LogP contribution in [0.15, 0.2) is 102 Å². The van der Waals surface area contributed by atoms with Gasteiger partial charge in [-0.2, -0.15) is 0 Å². The van der Waals surface area contributed by atoms with Gasteiger partial charge in [0.15, 0.2) is 0 Å². The van der Waals surface area contributed by atoms with E-state index in [0.29, 0.717) is 0 Å². The molecule has 3 aromatic carbocycles. The predicted molar refractivity (Wildman–Crippen MR) is 176 cm³/mol. The van der Waals surface area contributed by atoms with Crippen LogP contribution in [0.25, 0.3) is 22.0 Å². The van der Waals surface area contributed by atoms with Crippen molar-refractivity contribution in [2.24, 2.45) is 0 Å². The van der Waals surface area contributed by atoms with E-state index in [0.717, 1.165) is 30.8 Å². The number of rotatable bonds is 8. The van der Waals surface area contributed by atoms with Gasteiger partial charge in [0.05, 0.1) is 16.9 Å². The fourth-order valence-electron chi connectivity index (χ4n) is 6.14. The van der Waals surface area contributed by atoms with Crippen molar-refractivity contribution in [3.63, 3.8) is 0 Å². The minimum absolute atomic E-state index is 0.357. The molecule has 0 radical (unpaired) electrons. The molecule has 41 heavy (non-hydrogen) atoms. The topological polar surface area (TPSA) is 37.0 Å². The molecule has 5 rings (SSSR count). The Morgan fingerprint density at radius 2 is 1.68 bits per heavy atom. The zero-order chi connectivity index (χ0) is 29.1. The Balaban J connectivity index is 1.56. The number of benzene rings is 3. The highest BCUT2D eigenvalue weighted by Crippen LogP contribution is 2.35. The molecule has 0 atom stereocenters. The number of anilines is 1. The second-order valence-corrected chi connectivity index (χ2v) is 11.8. The van der Waals surface area contributed by atoms with E-state index in [9.17, 15) is 0 Å². The van der Waals surface area contributed by atoms with Gasteiger partial charge >= 0.3 is 0 Å². The van der Waals surface area contributed by atoms with Crippen molar-refractivity contribution in [3.05, 3.63) is 130 Å². The summed E-state index contributed by atoms with van der Waals surface area (Å²) in [6.07, 6.45) is 8.71. The number of hydrogen-bond acceptors (Lipinski definition) is 3. The van der Waals surface area contributed by atoms with Crippen LogP contribution in [0.2, 0.25) is 0 Å². The number of pyridine rings is 1. The lowest BCUT2D eigenvalue weighted by Gasteiger charge is -2.32. The quantitative estimate of drug-likeness (QED) is 0.233. The molecule has 1 heterocycles. The van der Waals surface area contributed by atoms with Gasteiger partial charge in [0.1, 0.15) is 0 Å². The van der Waals surface area contributed by atoms with Crippen molar-refractivity contribution in [3.8, 4) is 11.3 Å². The van der Waals surface area contributed by atoms with Gasteiger partial charge in [0, 0.05) is 23.5 Å². The third kappa shape index (κ3) is 5.86. The molecule has 1 aliphatic rings. The fraction of sp³-hybridized carbons (Fsp3) is 0.289. The molecule has 4 aromatic rings. The van der Waals surface area contributed by atoms with Crippen molar-refractivity contribution in [1.29, 1.82) is 0 Å². The molecular formula is C38H43N3. The van der Waals surface area contributed by atoms with E-state index in [1.807, 2.05) is 0 Å². The molecular weight excluding hydrogens is 498 g/mol. The zero-order valence-corrected chi connectivity index (χ0v) is 25.7. The molecule has 3 heteroatoms. The molecule has 0 unspecified atom stereocenters. The summed E-state index contributed by atoms with van der Waals surface area (Å²) in [4.78, 5) is 5.34. The number of fused-ring (bicyclic) bond motifs is 1. The summed E-state index contributed by atoms with van der Waals surface area (Å²) in [5.74, 6) is 0. The first-order valence-corrected chi connectivity index (χ1v) is 14.9. The summed E-state index contributed by atoms with van der Waals surface area (Å²) in [7, 11) is 0. The minimum Gasteiger partial charge on any atom is -0.381 e. The van der Waals surface area contributed by atoms with E-state index < -0.39 is 0 Å². The summed E-state index contributed by atoms with van der Waals surface area (Å²) >= 11 is 0. The van der Waals surface area contributed by atoms with Crippen molar-refractivity contribution >= 4 is 16.5 Å². The maximum absolute atomic E-state index is 5.34. The number of nitrogens with zero attached hydrogens (tertiary/aromatic N) is 1. The predicted octanol–water partition coefficient (Wildman–Crippen LogP) is 9.83. The first-order chi connectivity index (χ1) is 19.7. The van der Waals surface area contributed by atoms with Crippen molar-refractivity contribution in [2.75, 3.05) is 5.32 Å². The number of hydrogen-bond donors (Lipinski definition) is 2. The maximum atomic E-state index is 5.34. The summed E-state index contributed by atoms with van der Waals surface area (Å²) in [6.45, 7) is 16.1. The maximum Gasteiger partial charge on any atom is 0.0739 e. The van der Waals surface area contributed by atoms with E-state index in [2.05, 4.69) is 144 Å². The molecule has 0 saturated heterocycles. The van der Waals surface area contributed by atoms with Gasteiger partial charge in [-0.1, -0.05) is 85.3 Å². The lowest BCUT2D eigenvalue weighted by Crippen LogP contribution is -2.38. The molecule has 0 amide bonds. The number of aromatic nitrogens is 1. The number of aryl methyl sites for hydroxylation is 3. The summed E-state index contributed by atoms with van der Waals surface area (Å²) in [5, 5.41) is 10.1. The number of allylic oxidation sites excluding steroid dienone is 5. The summed E-state index contributed by atoms with van der Waals surface area (Å²) < 4.78 is 0. The Morgan fingerprint density at radius 1 is 0.927 bits per heavy atom. The highest BCUT2D eigenvalue weighted by molar-refractivity contribution is 5.97. The molecule has 0 fully saturated rings. The average Bonchev–Trinajstić information content (AvgIpc) is 2.96. The van der Waals surface area contributed by atoms with Gasteiger partial charge < -0.3 is 10.6 Å². The van der Waals surface area contributed by atoms with Crippen LogP contribution in [-0.4, -0.2) is 4.98 Å². The van der Waals surface area contributed by atoms with Crippen LogP contribution >= 0.6 is 0 Å². The molecule has 1 aliphatic carbocycles. The molecule has 210 valence electrons. The average molecular weight is 542 g/mol. The Morgan fingerprint density at radius 3 is 2.41 bits per heavy atom. The Hall–Kier alpha value is -4.11. The largest absolute Gasteiger partial charge is 0.381 e. The minimum atomic E-state index is -0.357. The van der Waals surface area contributed by atoms with E-state index in [-0.39, 0.29) is 5.54 Å². The smallest absolute Gasteiger partial charge is 0.0739 e. The van der Waals surface area contributed by atoms with Crippen LogP contribution in [-0.2, 0) is 12.1 Å². The molecule has 2 N–H and O–H groups in total. The van der Waals surface area contributed by atoms with Crippen LogP contribution in [0.4, 0.5) is 5.69 Å². The Kier molecular flexibility index (Phi) is 8.17. The normalized spacial score (nSPS) is 14.7. The first kappa shape index (κ1) is 28.4. The molecule has 0 spiro atoms. The lowest BCUT2D eigenvalue weighted by molar-refractivity contribution is 0.435. The first-order valence-electron chi connectivity index (χ1n) is 14.9. The summed E-state index contributed by atoms with van der Waals surface area (Å²) in [6, 6.07) is 24.1. The Bertz CT molecular complexity index is 1660. The molecule has 0 bridgehead atoms. The molecule has 0 saturated carbocycles. The SMILES string of the molecule is CC=C1CC=CC(CC)=C1NC(C)(C)c1cccc(-c2c(CNc3c(C)cc(C)cc3C)ccc3ccccc23)n1. The van der Waals surface area contributed by atoms with Crippen LogP contribution in [0.3, 0.4) is 0 Å². The third-order valence-corrected chi connectivity index (χ3v) is 8.26. The van der Waals surface area contributed by atoms with Gasteiger partial charge in [-0.25, -0.2) is 0 Å². The van der Waals surface area contributed by atoms with Gasteiger partial charge in [0.2, 0.25) is 0 Å². The summed E-state index contributed by atoms with van der Waals surface area (Å²) in [5.41, 5.74) is 13.1. The van der Waals surface area contributed by atoms with E-state index in [1.165, 1.54) is 61.1 Å². The zero-order valence-electron chi connectivity index (χ0n) is 25.7. The van der Waals surface area contributed by atoms with Crippen LogP contribution < -0.4 is 10.6 Å². The van der Waals surface area contributed by atoms with Crippen molar-refractivity contribution < 1.29 is 0 Å². The molecule has 1 aromatic heterocycles. The van der Waals surface area contributed by atoms with Crippen molar-refractivity contribution in [1.82, 2.24) is 10.3 Å². The standard InChI is InChI=1S/C38H43N3/c1-8-28-15-12-16-29(9-2)37(28)41-38(6,7)34-19-13-18-33(40-34)35-31(21-20-30-14-10-11-17-32(30)35)24-39-36-26(4)22-25(3)23-27(36)5/h8,10-14,16-23,39,41H,9,15,24H2,1-7H3. The number of nitrogens with one attached hydrogen (secondary N) is 2. The second-order valence-electron chi connectivity index (χ2n) is 11.8. The van der Waals surface area contributed by atoms with Crippen LogP contribution in [0.1, 0.15) is 68.5 Å². The molecule has 3 nitrogen and oxygen atoms in total. The lowest BCUT2D eigenvalue weighted by atomic mass is 9.91. The third-order valence-electron chi connectivity index (χ3n) is 8.26. The van der Waals surface area contributed by atoms with Gasteiger partial charge in [-0.3, -0.25) is 4.98 Å². The van der Waals surface area contributed by atoms with E-state index >= 15 is 0 Å². The highest BCUT2D eigenvalue weighted by Gasteiger charge is 2.26. The van der Waals surface area contributed by atoms with E-state index in [4.69, 9.17) is 4.98 Å². The second kappa shape index (κ2) is 11.8. The van der Waals surface area contributed by atoms with Crippen molar-refractivity contribution in [2.45, 2.75) is 73.4 Å². The molecule has 0 aliphatic heterocycles. The van der Waals surface area contributed by atoms with E-state index in [1.54, 1.807) is 0 Å². The van der Waals surface area contributed by atoms with Gasteiger partial charge in [-0.05, 0) is 105 Å². The van der Waals surface area contributed by atoms with Crippen LogP contribution in [0, 0.1) is 20.8 Å². The highest BCUT2D eigenvalue weighted by atomic mass is 15.0. The monoisotopic (exact) mass is 541 g/mol. The fourth-order valence-corrected chi connectivity index (χ4v) is 6.14.